The van der Waals surface area contributed by atoms with E-state index in [1.54, 1.807) is 6.92 Å². The van der Waals surface area contributed by atoms with Crippen molar-refractivity contribution < 1.29 is 14.3 Å². The van der Waals surface area contributed by atoms with Gasteiger partial charge < -0.3 is 9.72 Å². The number of ether oxygens (including phenoxy) is 1. The number of rotatable bonds is 0. The maximum Gasteiger partial charge on any atom is 0.352 e. The first-order valence-electron chi connectivity index (χ1n) is 3.60. The van der Waals surface area contributed by atoms with Crippen LogP contribution in [0.15, 0.2) is 10.9 Å². The molecule has 0 aliphatic carbocycles. The highest BCUT2D eigenvalue weighted by atomic mass is 16.6. The predicted molar refractivity (Wildman–Crippen MR) is 41.5 cm³/mol. The van der Waals surface area contributed by atoms with Crippen LogP contribution in [-0.2, 0) is 4.74 Å². The van der Waals surface area contributed by atoms with Crippen LogP contribution in [0.1, 0.15) is 26.4 Å². The first-order chi connectivity index (χ1) is 6.09. The van der Waals surface area contributed by atoms with Gasteiger partial charge in [-0.05, 0) is 13.0 Å². The Balaban J connectivity index is 2.85. The third kappa shape index (κ3) is 0.970. The van der Waals surface area contributed by atoms with E-state index < -0.39 is 17.5 Å². The average Bonchev–Trinajstić information content (AvgIpc) is 2.27. The number of H-pyrrole nitrogens is 1. The minimum absolute atomic E-state index is 0.0475. The number of cyclic esters (lactones) is 2. The van der Waals surface area contributed by atoms with Crippen molar-refractivity contribution in [3.8, 4) is 0 Å². The molecule has 0 amide bonds. The summed E-state index contributed by atoms with van der Waals surface area (Å²) in [7, 11) is 0. The molecule has 0 unspecified atom stereocenters. The topological polar surface area (TPSA) is 76.2 Å². The summed E-state index contributed by atoms with van der Waals surface area (Å²) in [4.78, 5) is 35.5. The van der Waals surface area contributed by atoms with E-state index in [1.807, 2.05) is 0 Å². The maximum absolute atomic E-state index is 11.2. The molecule has 2 rings (SSSR count). The van der Waals surface area contributed by atoms with Crippen LogP contribution in [0.2, 0.25) is 0 Å². The fraction of sp³-hybridized carbons (Fsp3) is 0.125. The van der Waals surface area contributed by atoms with Gasteiger partial charge in [-0.25, -0.2) is 9.59 Å². The second kappa shape index (κ2) is 2.29. The summed E-state index contributed by atoms with van der Waals surface area (Å²) >= 11 is 0. The first-order valence-corrected chi connectivity index (χ1v) is 3.60. The van der Waals surface area contributed by atoms with E-state index in [0.29, 0.717) is 5.69 Å². The van der Waals surface area contributed by atoms with Gasteiger partial charge in [-0.15, -0.1) is 0 Å². The van der Waals surface area contributed by atoms with Gasteiger partial charge in [0.15, 0.2) is 0 Å². The van der Waals surface area contributed by atoms with Crippen molar-refractivity contribution in [3.63, 3.8) is 0 Å². The molecule has 0 atom stereocenters. The highest BCUT2D eigenvalue weighted by Gasteiger charge is 2.32. The van der Waals surface area contributed by atoms with Crippen LogP contribution < -0.4 is 5.56 Å². The normalized spacial score (nSPS) is 14.2. The predicted octanol–water partition coefficient (Wildman–Crippen LogP) is -0.00608. The zero-order chi connectivity index (χ0) is 9.59. The lowest BCUT2D eigenvalue weighted by atomic mass is 10.1. The number of nitrogens with one attached hydrogen (secondary N) is 1. The average molecular weight is 179 g/mol. The van der Waals surface area contributed by atoms with Crippen LogP contribution in [0.3, 0.4) is 0 Å². The zero-order valence-electron chi connectivity index (χ0n) is 6.71. The van der Waals surface area contributed by atoms with Gasteiger partial charge in [0.1, 0.15) is 5.56 Å². The molecule has 1 aliphatic heterocycles. The van der Waals surface area contributed by atoms with Crippen LogP contribution in [-0.4, -0.2) is 16.9 Å². The van der Waals surface area contributed by atoms with Crippen molar-refractivity contribution in [3.05, 3.63) is 33.2 Å². The van der Waals surface area contributed by atoms with Gasteiger partial charge in [0.05, 0.1) is 5.56 Å². The van der Waals surface area contributed by atoms with Crippen LogP contribution in [0.5, 0.6) is 0 Å². The van der Waals surface area contributed by atoms with Crippen LogP contribution in [0.25, 0.3) is 0 Å². The molecular weight excluding hydrogens is 174 g/mol. The Hall–Kier alpha value is -1.91. The van der Waals surface area contributed by atoms with E-state index in [-0.39, 0.29) is 11.1 Å². The first kappa shape index (κ1) is 7.72. The number of fused-ring (bicyclic) bond motifs is 1. The number of hydrogen-bond donors (Lipinski definition) is 1. The van der Waals surface area contributed by atoms with Crippen molar-refractivity contribution >= 4 is 11.9 Å². The van der Waals surface area contributed by atoms with E-state index in [0.717, 1.165) is 0 Å². The third-order valence-corrected chi connectivity index (χ3v) is 1.78. The number of hydrogen-bond acceptors (Lipinski definition) is 4. The highest BCUT2D eigenvalue weighted by Crippen LogP contribution is 2.15. The number of pyridine rings is 1. The van der Waals surface area contributed by atoms with Crippen LogP contribution in [0, 0.1) is 6.92 Å². The maximum atomic E-state index is 11.2. The second-order valence-electron chi connectivity index (χ2n) is 2.75. The Labute approximate surface area is 72.3 Å². The lowest BCUT2D eigenvalue weighted by Gasteiger charge is -1.93. The van der Waals surface area contributed by atoms with Crippen molar-refractivity contribution in [2.45, 2.75) is 6.92 Å². The van der Waals surface area contributed by atoms with Gasteiger partial charge in [-0.3, -0.25) is 4.79 Å². The van der Waals surface area contributed by atoms with E-state index in [4.69, 9.17) is 0 Å². The summed E-state index contributed by atoms with van der Waals surface area (Å²) in [5.74, 6) is -1.63. The Morgan fingerprint density at radius 3 is 2.62 bits per heavy atom. The fourth-order valence-electron chi connectivity index (χ4n) is 1.24. The minimum Gasteiger partial charge on any atom is -0.386 e. The molecule has 0 spiro atoms. The molecule has 0 saturated heterocycles. The van der Waals surface area contributed by atoms with Crippen LogP contribution >= 0.6 is 0 Å². The quantitative estimate of drug-likeness (QED) is 0.449. The van der Waals surface area contributed by atoms with Gasteiger partial charge >= 0.3 is 11.9 Å². The Morgan fingerprint density at radius 1 is 1.23 bits per heavy atom. The number of carbonyl (C=O) groups excluding carboxylic acids is 2. The summed E-state index contributed by atoms with van der Waals surface area (Å²) in [6.45, 7) is 1.62. The molecule has 5 heteroatoms. The molecule has 0 saturated carbocycles. The molecule has 0 aromatic carbocycles. The molecule has 66 valence electrons. The molecule has 1 N–H and O–H groups in total. The van der Waals surface area contributed by atoms with E-state index in [2.05, 4.69) is 9.72 Å². The molecule has 0 bridgehead atoms. The number of carbonyl (C=O) groups is 2. The highest BCUT2D eigenvalue weighted by molar-refractivity contribution is 6.14. The summed E-state index contributed by atoms with van der Waals surface area (Å²) in [5, 5.41) is 0. The van der Waals surface area contributed by atoms with Crippen molar-refractivity contribution in [1.29, 1.82) is 0 Å². The largest absolute Gasteiger partial charge is 0.386 e. The summed E-state index contributed by atoms with van der Waals surface area (Å²) in [6.07, 6.45) is 0. The van der Waals surface area contributed by atoms with Gasteiger partial charge in [-0.1, -0.05) is 0 Å². The molecule has 1 aromatic rings. The van der Waals surface area contributed by atoms with Crippen molar-refractivity contribution in [2.75, 3.05) is 0 Å². The standard InChI is InChI=1S/C8H5NO4/c1-3-2-4-5(6(10)9-3)8(12)13-7(4)11/h2H,1H3,(H,9,10). The van der Waals surface area contributed by atoms with Gasteiger partial charge in [-0.2, -0.15) is 0 Å². The van der Waals surface area contributed by atoms with E-state index >= 15 is 0 Å². The SMILES string of the molecule is Cc1cc2c(c(=O)[nH]1)C(=O)OC2=O. The van der Waals surface area contributed by atoms with Crippen molar-refractivity contribution in [2.24, 2.45) is 0 Å². The van der Waals surface area contributed by atoms with Crippen molar-refractivity contribution in [1.82, 2.24) is 4.98 Å². The second-order valence-corrected chi connectivity index (χ2v) is 2.75. The Bertz CT molecular complexity index is 472. The summed E-state index contributed by atoms with van der Waals surface area (Å²) in [6, 6.07) is 1.42. The monoisotopic (exact) mass is 179 g/mol. The lowest BCUT2D eigenvalue weighted by Crippen LogP contribution is -2.16. The number of esters is 2. The Morgan fingerprint density at radius 2 is 1.92 bits per heavy atom. The fourth-order valence-corrected chi connectivity index (χ4v) is 1.24. The lowest BCUT2D eigenvalue weighted by molar-refractivity contribution is 0.0443. The van der Waals surface area contributed by atoms with Gasteiger partial charge in [0.25, 0.3) is 5.56 Å². The molecule has 5 nitrogen and oxygen atoms in total. The molecule has 2 heterocycles. The van der Waals surface area contributed by atoms with E-state index in [9.17, 15) is 14.4 Å². The van der Waals surface area contributed by atoms with Gasteiger partial charge in [0, 0.05) is 5.69 Å². The van der Waals surface area contributed by atoms with E-state index in [1.165, 1.54) is 6.07 Å². The Kier molecular flexibility index (Phi) is 1.36. The molecule has 0 radical (unpaired) electrons. The third-order valence-electron chi connectivity index (χ3n) is 1.78. The summed E-state index contributed by atoms with van der Waals surface area (Å²) < 4.78 is 4.27. The minimum atomic E-state index is -0.874. The molecular formula is C8H5NO4. The summed E-state index contributed by atoms with van der Waals surface area (Å²) in [5.41, 5.74) is -0.205. The molecule has 1 aliphatic rings. The zero-order valence-corrected chi connectivity index (χ0v) is 6.71. The molecule has 0 fully saturated rings. The number of aryl methyl sites for hydroxylation is 1. The van der Waals surface area contributed by atoms with Crippen LogP contribution in [0.4, 0.5) is 0 Å². The number of aromatic amines is 1. The number of aromatic nitrogens is 1. The molecule has 1 aromatic heterocycles. The van der Waals surface area contributed by atoms with Gasteiger partial charge in [0.2, 0.25) is 0 Å². The molecule has 13 heavy (non-hydrogen) atoms. The smallest absolute Gasteiger partial charge is 0.352 e.